The Hall–Kier alpha value is -2.33. The van der Waals surface area contributed by atoms with Gasteiger partial charge >= 0.3 is 11.7 Å². The van der Waals surface area contributed by atoms with Crippen molar-refractivity contribution in [3.63, 3.8) is 0 Å². The molecule has 1 saturated heterocycles. The van der Waals surface area contributed by atoms with E-state index in [0.29, 0.717) is 19.5 Å². The van der Waals surface area contributed by atoms with Gasteiger partial charge in [-0.05, 0) is 77.7 Å². The number of likely N-dealkylation sites (tertiary alicyclic amines) is 1. The second kappa shape index (κ2) is 8.58. The average Bonchev–Trinajstić information content (AvgIpc) is 3.07. The molecular formula is C21H23IN4O3. The molecule has 3 N–H and O–H groups in total. The number of aliphatic hydroxyl groups excluding tert-OH is 1. The Balaban J connectivity index is 1.46. The van der Waals surface area contributed by atoms with Crippen LogP contribution in [0.1, 0.15) is 24.4 Å². The summed E-state index contributed by atoms with van der Waals surface area (Å²) in [6, 6.07) is 13.4. The minimum atomic E-state index is -0.132. The number of fused-ring (bicyclic) bond motifs is 1. The van der Waals surface area contributed by atoms with Crippen molar-refractivity contribution in [2.45, 2.75) is 25.3 Å². The molecule has 0 bridgehead atoms. The molecular weight excluding hydrogens is 483 g/mol. The van der Waals surface area contributed by atoms with E-state index in [0.717, 1.165) is 38.7 Å². The minimum Gasteiger partial charge on any atom is -0.396 e. The quantitative estimate of drug-likeness (QED) is 0.475. The molecule has 0 radical (unpaired) electrons. The van der Waals surface area contributed by atoms with Gasteiger partial charge in [0.15, 0.2) is 0 Å². The van der Waals surface area contributed by atoms with Crippen LogP contribution in [-0.2, 0) is 6.42 Å². The predicted octanol–water partition coefficient (Wildman–Crippen LogP) is 3.34. The van der Waals surface area contributed by atoms with Gasteiger partial charge in [-0.25, -0.2) is 9.59 Å². The molecule has 1 aromatic heterocycles. The van der Waals surface area contributed by atoms with Crippen LogP contribution in [0.15, 0.2) is 47.3 Å². The number of anilines is 1. The van der Waals surface area contributed by atoms with Crippen LogP contribution in [0.5, 0.6) is 0 Å². The summed E-state index contributed by atoms with van der Waals surface area (Å²) in [5.74, 6) is 0. The van der Waals surface area contributed by atoms with Gasteiger partial charge in [-0.1, -0.05) is 12.1 Å². The van der Waals surface area contributed by atoms with Gasteiger partial charge < -0.3 is 20.3 Å². The number of aromatic nitrogens is 2. The molecule has 2 aromatic carbocycles. The van der Waals surface area contributed by atoms with Crippen LogP contribution in [0, 0.1) is 3.57 Å². The standard InChI is InChI=1S/C21H23IN4O3/c22-15-4-6-16(7-5-15)23-20(28)25-11-8-17(9-12-25)26-18-3-1-2-14(10-13-27)19(18)24-21(26)29/h1-7,17,27H,8-13H2,(H,23,28)(H,24,29). The number of amides is 2. The fraction of sp³-hybridized carbons (Fsp3) is 0.333. The number of benzene rings is 2. The lowest BCUT2D eigenvalue weighted by atomic mass is 10.0. The van der Waals surface area contributed by atoms with Gasteiger partial charge in [0.2, 0.25) is 0 Å². The van der Waals surface area contributed by atoms with Gasteiger partial charge in [0.25, 0.3) is 0 Å². The highest BCUT2D eigenvalue weighted by molar-refractivity contribution is 14.1. The van der Waals surface area contributed by atoms with Gasteiger partial charge in [0, 0.05) is 35.0 Å². The van der Waals surface area contributed by atoms with Gasteiger partial charge in [-0.15, -0.1) is 0 Å². The number of nitrogens with zero attached hydrogens (tertiary/aromatic N) is 2. The summed E-state index contributed by atoms with van der Waals surface area (Å²) in [6.07, 6.45) is 1.95. The van der Waals surface area contributed by atoms with E-state index in [1.807, 2.05) is 47.0 Å². The zero-order chi connectivity index (χ0) is 20.4. The van der Waals surface area contributed by atoms with Crippen molar-refractivity contribution in [3.8, 4) is 0 Å². The van der Waals surface area contributed by atoms with E-state index in [1.165, 1.54) is 0 Å². The normalized spacial score (nSPS) is 15.0. The number of nitrogens with one attached hydrogen (secondary N) is 2. The molecule has 0 unspecified atom stereocenters. The Labute approximate surface area is 181 Å². The van der Waals surface area contributed by atoms with Crippen molar-refractivity contribution < 1.29 is 9.90 Å². The van der Waals surface area contributed by atoms with E-state index in [-0.39, 0.29) is 24.4 Å². The molecule has 0 aliphatic carbocycles. The lowest BCUT2D eigenvalue weighted by Gasteiger charge is -2.32. The van der Waals surface area contributed by atoms with Gasteiger partial charge in [-0.3, -0.25) is 4.57 Å². The monoisotopic (exact) mass is 506 g/mol. The van der Waals surface area contributed by atoms with Gasteiger partial charge in [-0.2, -0.15) is 0 Å². The first-order valence-corrected chi connectivity index (χ1v) is 10.8. The number of carbonyl (C=O) groups excluding carboxylic acids is 1. The number of imidazole rings is 1. The average molecular weight is 506 g/mol. The minimum absolute atomic E-state index is 0.0421. The molecule has 7 nitrogen and oxygen atoms in total. The fourth-order valence-corrected chi connectivity index (χ4v) is 4.32. The number of aliphatic hydroxyl groups is 1. The van der Waals surface area contributed by atoms with E-state index >= 15 is 0 Å². The molecule has 3 aromatic rings. The SMILES string of the molecule is O=C(Nc1ccc(I)cc1)N1CCC(n2c(=O)[nH]c3c(CCO)cccc32)CC1. The third-order valence-corrected chi connectivity index (χ3v) is 6.15. The highest BCUT2D eigenvalue weighted by atomic mass is 127. The summed E-state index contributed by atoms with van der Waals surface area (Å²) in [5.41, 5.74) is 3.25. The predicted molar refractivity (Wildman–Crippen MR) is 121 cm³/mol. The molecule has 1 aliphatic rings. The number of piperidine rings is 1. The molecule has 4 rings (SSSR count). The first-order chi connectivity index (χ1) is 14.1. The van der Waals surface area contributed by atoms with Crippen LogP contribution >= 0.6 is 22.6 Å². The second-order valence-electron chi connectivity index (χ2n) is 7.24. The topological polar surface area (TPSA) is 90.4 Å². The number of H-pyrrole nitrogens is 1. The molecule has 8 heteroatoms. The van der Waals surface area contributed by atoms with Crippen molar-refractivity contribution in [3.05, 3.63) is 62.1 Å². The van der Waals surface area contributed by atoms with E-state index in [9.17, 15) is 14.7 Å². The number of hydrogen-bond acceptors (Lipinski definition) is 3. The Morgan fingerprint density at radius 2 is 1.90 bits per heavy atom. The summed E-state index contributed by atoms with van der Waals surface area (Å²) in [6.45, 7) is 1.23. The summed E-state index contributed by atoms with van der Waals surface area (Å²) >= 11 is 2.23. The number of carbonyl (C=O) groups is 1. The maximum Gasteiger partial charge on any atom is 0.326 e. The first kappa shape index (κ1) is 20.0. The van der Waals surface area contributed by atoms with Crippen LogP contribution in [0.4, 0.5) is 10.5 Å². The zero-order valence-corrected chi connectivity index (χ0v) is 18.1. The number of para-hydroxylation sites is 1. The summed E-state index contributed by atoms with van der Waals surface area (Å²) in [7, 11) is 0. The maximum atomic E-state index is 12.6. The summed E-state index contributed by atoms with van der Waals surface area (Å²) in [4.78, 5) is 29.9. The number of halogens is 1. The largest absolute Gasteiger partial charge is 0.396 e. The lowest BCUT2D eigenvalue weighted by molar-refractivity contribution is 0.184. The Kier molecular flexibility index (Phi) is 5.91. The fourth-order valence-electron chi connectivity index (χ4n) is 3.96. The van der Waals surface area contributed by atoms with Crippen molar-refractivity contribution in [1.82, 2.24) is 14.5 Å². The third kappa shape index (κ3) is 4.18. The number of urea groups is 1. The van der Waals surface area contributed by atoms with Crippen LogP contribution in [0.2, 0.25) is 0 Å². The first-order valence-electron chi connectivity index (χ1n) is 9.71. The molecule has 0 spiro atoms. The number of hydrogen-bond donors (Lipinski definition) is 3. The van der Waals surface area contributed by atoms with Crippen LogP contribution in [0.25, 0.3) is 11.0 Å². The van der Waals surface area contributed by atoms with Gasteiger partial charge in [0.1, 0.15) is 0 Å². The summed E-state index contributed by atoms with van der Waals surface area (Å²) in [5, 5.41) is 12.2. The molecule has 1 aliphatic heterocycles. The van der Waals surface area contributed by atoms with Crippen molar-refractivity contribution >= 4 is 45.3 Å². The van der Waals surface area contributed by atoms with E-state index in [1.54, 1.807) is 4.90 Å². The summed E-state index contributed by atoms with van der Waals surface area (Å²) < 4.78 is 2.93. The molecule has 2 amide bonds. The third-order valence-electron chi connectivity index (χ3n) is 5.43. The number of aromatic amines is 1. The van der Waals surface area contributed by atoms with Crippen LogP contribution in [-0.4, -0.2) is 45.3 Å². The Bertz CT molecular complexity index is 1070. The molecule has 0 saturated carbocycles. The zero-order valence-electron chi connectivity index (χ0n) is 15.9. The molecule has 29 heavy (non-hydrogen) atoms. The molecule has 0 atom stereocenters. The Morgan fingerprint density at radius 3 is 2.59 bits per heavy atom. The Morgan fingerprint density at radius 1 is 1.17 bits per heavy atom. The second-order valence-corrected chi connectivity index (χ2v) is 8.49. The van der Waals surface area contributed by atoms with E-state index < -0.39 is 0 Å². The maximum absolute atomic E-state index is 12.6. The highest BCUT2D eigenvalue weighted by Crippen LogP contribution is 2.26. The smallest absolute Gasteiger partial charge is 0.326 e. The van der Waals surface area contributed by atoms with Gasteiger partial charge in [0.05, 0.1) is 11.0 Å². The van der Waals surface area contributed by atoms with E-state index in [4.69, 9.17) is 0 Å². The van der Waals surface area contributed by atoms with E-state index in [2.05, 4.69) is 32.9 Å². The lowest BCUT2D eigenvalue weighted by Crippen LogP contribution is -2.42. The van der Waals surface area contributed by atoms with Crippen molar-refractivity contribution in [2.75, 3.05) is 25.0 Å². The van der Waals surface area contributed by atoms with Crippen molar-refractivity contribution in [2.24, 2.45) is 0 Å². The van der Waals surface area contributed by atoms with Crippen LogP contribution < -0.4 is 11.0 Å². The number of rotatable bonds is 4. The van der Waals surface area contributed by atoms with Crippen molar-refractivity contribution in [1.29, 1.82) is 0 Å². The molecule has 2 heterocycles. The molecule has 152 valence electrons. The molecule has 1 fully saturated rings. The highest BCUT2D eigenvalue weighted by Gasteiger charge is 2.26. The van der Waals surface area contributed by atoms with Crippen LogP contribution in [0.3, 0.4) is 0 Å².